The highest BCUT2D eigenvalue weighted by Crippen LogP contribution is 2.20. The summed E-state index contributed by atoms with van der Waals surface area (Å²) in [6, 6.07) is 3.61. The number of hydrogen-bond donors (Lipinski definition) is 2. The van der Waals surface area contributed by atoms with Gasteiger partial charge in [-0.05, 0) is 38.5 Å². The van der Waals surface area contributed by atoms with Gasteiger partial charge in [0.2, 0.25) is 0 Å². The number of aromatic amines is 1. The number of ketones is 1. The number of hydrogen-bond acceptors (Lipinski definition) is 4. The number of anilines is 2. The average Bonchev–Trinajstić information content (AvgIpc) is 2.74. The van der Waals surface area contributed by atoms with Gasteiger partial charge in [0.05, 0.1) is 11.9 Å². The second kappa shape index (κ2) is 6.01. The van der Waals surface area contributed by atoms with Crippen molar-refractivity contribution >= 4 is 23.2 Å². The summed E-state index contributed by atoms with van der Waals surface area (Å²) >= 11 is 0. The van der Waals surface area contributed by atoms with Crippen LogP contribution in [0.5, 0.6) is 0 Å². The molecule has 0 saturated heterocycles. The van der Waals surface area contributed by atoms with Gasteiger partial charge in [0.25, 0.3) is 5.91 Å². The van der Waals surface area contributed by atoms with Crippen molar-refractivity contribution in [2.75, 3.05) is 24.3 Å². The Hall–Kier alpha value is -2.63. The molecule has 0 saturated carbocycles. The molecule has 2 aromatic rings. The number of rotatable bonds is 4. The van der Waals surface area contributed by atoms with Gasteiger partial charge in [0, 0.05) is 25.4 Å². The van der Waals surface area contributed by atoms with E-state index in [0.29, 0.717) is 28.3 Å². The molecule has 2 N–H and O–H groups in total. The Bertz CT molecular complexity index is 714. The van der Waals surface area contributed by atoms with E-state index in [2.05, 4.69) is 15.3 Å². The van der Waals surface area contributed by atoms with Crippen LogP contribution in [0.1, 0.15) is 39.0 Å². The van der Waals surface area contributed by atoms with Crippen LogP contribution >= 0.6 is 0 Å². The first-order valence-electron chi connectivity index (χ1n) is 6.96. The van der Waals surface area contributed by atoms with Crippen LogP contribution in [0.2, 0.25) is 0 Å². The minimum absolute atomic E-state index is 0.0567. The van der Waals surface area contributed by atoms with Crippen molar-refractivity contribution in [3.05, 3.63) is 40.8 Å². The molecule has 2 rings (SSSR count). The van der Waals surface area contributed by atoms with Crippen LogP contribution in [0.15, 0.2) is 18.3 Å². The van der Waals surface area contributed by atoms with Crippen molar-refractivity contribution in [2.45, 2.75) is 20.8 Å². The van der Waals surface area contributed by atoms with Gasteiger partial charge in [-0.25, -0.2) is 4.98 Å². The summed E-state index contributed by atoms with van der Waals surface area (Å²) in [5, 5.41) is 2.73. The molecule has 0 atom stereocenters. The summed E-state index contributed by atoms with van der Waals surface area (Å²) in [5.74, 6) is 0.101. The van der Waals surface area contributed by atoms with Crippen molar-refractivity contribution in [2.24, 2.45) is 0 Å². The number of nitrogens with one attached hydrogen (secondary N) is 2. The van der Waals surface area contributed by atoms with Gasteiger partial charge < -0.3 is 15.2 Å². The predicted molar refractivity (Wildman–Crippen MR) is 86.8 cm³/mol. The standard InChI is InChI=1S/C16H20N4O2/c1-9-14(11(3)21)10(2)18-15(9)16(22)19-13-7-6-12(8-17-13)20(4)5/h6-8,18H,1-5H3,(H,17,19,22). The molecule has 0 fully saturated rings. The van der Waals surface area contributed by atoms with E-state index in [1.54, 1.807) is 26.1 Å². The molecule has 1 amide bonds. The Labute approximate surface area is 129 Å². The molecule has 22 heavy (non-hydrogen) atoms. The summed E-state index contributed by atoms with van der Waals surface area (Å²) in [6.45, 7) is 5.04. The van der Waals surface area contributed by atoms with Gasteiger partial charge in [-0.2, -0.15) is 0 Å². The Morgan fingerprint density at radius 3 is 2.36 bits per heavy atom. The molecule has 6 heteroatoms. The monoisotopic (exact) mass is 300 g/mol. The van der Waals surface area contributed by atoms with E-state index in [-0.39, 0.29) is 11.7 Å². The second-order valence-corrected chi connectivity index (χ2v) is 5.43. The molecule has 0 aliphatic heterocycles. The van der Waals surface area contributed by atoms with Gasteiger partial charge in [-0.1, -0.05) is 0 Å². The first-order chi connectivity index (χ1) is 10.3. The lowest BCUT2D eigenvalue weighted by Gasteiger charge is -2.12. The minimum atomic E-state index is -0.307. The Morgan fingerprint density at radius 1 is 1.23 bits per heavy atom. The third-order valence-corrected chi connectivity index (χ3v) is 3.52. The van der Waals surface area contributed by atoms with E-state index in [4.69, 9.17) is 0 Å². The van der Waals surface area contributed by atoms with E-state index in [1.807, 2.05) is 25.1 Å². The van der Waals surface area contributed by atoms with Crippen LogP contribution in [-0.2, 0) is 0 Å². The van der Waals surface area contributed by atoms with Crippen LogP contribution in [0, 0.1) is 13.8 Å². The maximum absolute atomic E-state index is 12.3. The van der Waals surface area contributed by atoms with E-state index in [1.165, 1.54) is 6.92 Å². The van der Waals surface area contributed by atoms with Crippen LogP contribution in [0.3, 0.4) is 0 Å². The van der Waals surface area contributed by atoms with Crippen LogP contribution < -0.4 is 10.2 Å². The molecular weight excluding hydrogens is 280 g/mol. The summed E-state index contributed by atoms with van der Waals surface area (Å²) in [5.41, 5.74) is 3.27. The number of H-pyrrole nitrogens is 1. The summed E-state index contributed by atoms with van der Waals surface area (Å²) in [6.07, 6.45) is 1.68. The predicted octanol–water partition coefficient (Wildman–Crippen LogP) is 2.55. The highest BCUT2D eigenvalue weighted by Gasteiger charge is 2.20. The fourth-order valence-corrected chi connectivity index (χ4v) is 2.41. The molecule has 0 radical (unpaired) electrons. The van der Waals surface area contributed by atoms with Crippen molar-refractivity contribution in [3.8, 4) is 0 Å². The summed E-state index contributed by atoms with van der Waals surface area (Å²) in [4.78, 5) is 33.1. The third kappa shape index (κ3) is 3.00. The Morgan fingerprint density at radius 2 is 1.91 bits per heavy atom. The number of carbonyl (C=O) groups excluding carboxylic acids is 2. The number of Topliss-reactive ketones (excluding diaryl/α,β-unsaturated/α-hetero) is 1. The zero-order chi connectivity index (χ0) is 16.4. The van der Waals surface area contributed by atoms with Crippen LogP contribution in [0.4, 0.5) is 11.5 Å². The number of amides is 1. The lowest BCUT2D eigenvalue weighted by atomic mass is 10.1. The molecule has 0 bridgehead atoms. The molecule has 0 aliphatic carbocycles. The lowest BCUT2D eigenvalue weighted by Crippen LogP contribution is -2.15. The molecule has 2 heterocycles. The van der Waals surface area contributed by atoms with E-state index >= 15 is 0 Å². The number of nitrogens with zero attached hydrogens (tertiary/aromatic N) is 2. The van der Waals surface area contributed by atoms with Crippen molar-refractivity contribution < 1.29 is 9.59 Å². The number of pyridine rings is 1. The number of aromatic nitrogens is 2. The summed E-state index contributed by atoms with van der Waals surface area (Å²) in [7, 11) is 3.84. The normalized spacial score (nSPS) is 10.4. The quantitative estimate of drug-likeness (QED) is 0.851. The highest BCUT2D eigenvalue weighted by molar-refractivity contribution is 6.07. The van der Waals surface area contributed by atoms with Crippen LogP contribution in [-0.4, -0.2) is 35.8 Å². The van der Waals surface area contributed by atoms with E-state index in [0.717, 1.165) is 5.69 Å². The molecule has 6 nitrogen and oxygen atoms in total. The summed E-state index contributed by atoms with van der Waals surface area (Å²) < 4.78 is 0. The third-order valence-electron chi connectivity index (χ3n) is 3.52. The first-order valence-corrected chi connectivity index (χ1v) is 6.96. The molecule has 116 valence electrons. The van der Waals surface area contributed by atoms with E-state index < -0.39 is 0 Å². The minimum Gasteiger partial charge on any atom is -0.376 e. The van der Waals surface area contributed by atoms with E-state index in [9.17, 15) is 9.59 Å². The molecule has 0 unspecified atom stereocenters. The first kappa shape index (κ1) is 15.8. The van der Waals surface area contributed by atoms with Crippen molar-refractivity contribution in [1.29, 1.82) is 0 Å². The smallest absolute Gasteiger partial charge is 0.273 e. The SMILES string of the molecule is CC(=O)c1c(C)[nH]c(C(=O)Nc2ccc(N(C)C)cn2)c1C. The fourth-order valence-electron chi connectivity index (χ4n) is 2.41. The number of aryl methyl sites for hydroxylation is 1. The Balaban J connectivity index is 2.22. The van der Waals surface area contributed by atoms with Gasteiger partial charge in [-0.15, -0.1) is 0 Å². The maximum Gasteiger partial charge on any atom is 0.273 e. The second-order valence-electron chi connectivity index (χ2n) is 5.43. The zero-order valence-electron chi connectivity index (χ0n) is 13.4. The number of carbonyl (C=O) groups is 2. The maximum atomic E-state index is 12.3. The fraction of sp³-hybridized carbons (Fsp3) is 0.312. The molecule has 0 spiro atoms. The van der Waals surface area contributed by atoms with Gasteiger partial charge in [-0.3, -0.25) is 9.59 Å². The molecule has 0 aliphatic rings. The topological polar surface area (TPSA) is 78.1 Å². The molecular formula is C16H20N4O2. The van der Waals surface area contributed by atoms with Crippen LogP contribution in [0.25, 0.3) is 0 Å². The Kier molecular flexibility index (Phi) is 4.30. The van der Waals surface area contributed by atoms with Gasteiger partial charge >= 0.3 is 0 Å². The van der Waals surface area contributed by atoms with Crippen molar-refractivity contribution in [1.82, 2.24) is 9.97 Å². The zero-order valence-corrected chi connectivity index (χ0v) is 13.4. The largest absolute Gasteiger partial charge is 0.376 e. The average molecular weight is 300 g/mol. The van der Waals surface area contributed by atoms with Gasteiger partial charge in [0.15, 0.2) is 5.78 Å². The van der Waals surface area contributed by atoms with Crippen molar-refractivity contribution in [3.63, 3.8) is 0 Å². The van der Waals surface area contributed by atoms with Gasteiger partial charge in [0.1, 0.15) is 11.5 Å². The molecule has 0 aromatic carbocycles. The molecule has 2 aromatic heterocycles. The lowest BCUT2D eigenvalue weighted by molar-refractivity contribution is 0.101. The highest BCUT2D eigenvalue weighted by atomic mass is 16.2.